The van der Waals surface area contributed by atoms with Crippen molar-refractivity contribution in [2.24, 2.45) is 5.92 Å². The number of rotatable bonds is 6. The third kappa shape index (κ3) is 5.50. The molecule has 1 aliphatic carbocycles. The van der Waals surface area contributed by atoms with Crippen LogP contribution in [-0.2, 0) is 4.79 Å². The van der Waals surface area contributed by atoms with Gasteiger partial charge in [-0.25, -0.2) is 0 Å². The minimum Gasteiger partial charge on any atom is -0.326 e. The third-order valence-corrected chi connectivity index (χ3v) is 7.08. The number of benzene rings is 3. The molecule has 7 nitrogen and oxygen atoms in total. The number of carbonyl (C=O) groups excluding carboxylic acids is 2. The number of nitro groups is 1. The molecule has 0 saturated heterocycles. The van der Waals surface area contributed by atoms with E-state index in [0.717, 1.165) is 0 Å². The average Bonchev–Trinajstić information content (AvgIpc) is 3.36. The van der Waals surface area contributed by atoms with Gasteiger partial charge in [0.2, 0.25) is 5.91 Å². The lowest BCUT2D eigenvalue weighted by Crippen LogP contribution is -2.18. The third-order valence-electron chi connectivity index (χ3n) is 5.37. The summed E-state index contributed by atoms with van der Waals surface area (Å²) in [6.45, 7) is 0. The van der Waals surface area contributed by atoms with Gasteiger partial charge in [0.05, 0.1) is 21.4 Å². The molecule has 0 spiro atoms. The van der Waals surface area contributed by atoms with Gasteiger partial charge in [0.1, 0.15) is 4.33 Å². The van der Waals surface area contributed by atoms with Gasteiger partial charge in [-0.2, -0.15) is 0 Å². The van der Waals surface area contributed by atoms with Crippen LogP contribution in [0.4, 0.5) is 17.1 Å². The largest absolute Gasteiger partial charge is 0.326 e. The van der Waals surface area contributed by atoms with E-state index in [1.165, 1.54) is 42.5 Å². The van der Waals surface area contributed by atoms with E-state index in [1.807, 2.05) is 0 Å². The van der Waals surface area contributed by atoms with E-state index in [1.54, 1.807) is 18.2 Å². The minimum atomic E-state index is -1.37. The van der Waals surface area contributed by atoms with Crippen LogP contribution in [0.25, 0.3) is 0 Å². The van der Waals surface area contributed by atoms with Gasteiger partial charge in [-0.05, 0) is 48.0 Å². The summed E-state index contributed by atoms with van der Waals surface area (Å²) >= 11 is 31.1. The Kier molecular flexibility index (Phi) is 7.18. The van der Waals surface area contributed by atoms with Crippen LogP contribution in [0.2, 0.25) is 15.1 Å². The van der Waals surface area contributed by atoms with Crippen LogP contribution in [0, 0.1) is 16.0 Å². The first kappa shape index (κ1) is 25.5. The molecule has 1 aliphatic rings. The highest BCUT2D eigenvalue weighted by Crippen LogP contribution is 2.65. The van der Waals surface area contributed by atoms with Crippen molar-refractivity contribution < 1.29 is 14.5 Å². The first-order chi connectivity index (χ1) is 16.5. The standard InChI is InChI=1S/C23H14Cl5N3O4/c24-12-6-11(7-13(25)8-12)19-20(23(19,27)28)22(33)30-15-4-5-18(26)17(10-15)21(32)29-14-2-1-3-16(9-14)31(34)35/h1-10,19-20H,(H,29,32)(H,30,33)/t19-,20+/m0/s1. The second-order valence-corrected chi connectivity index (χ2v) is 10.5. The molecule has 3 aromatic rings. The zero-order valence-electron chi connectivity index (χ0n) is 17.4. The summed E-state index contributed by atoms with van der Waals surface area (Å²) < 4.78 is -1.37. The van der Waals surface area contributed by atoms with E-state index in [4.69, 9.17) is 58.0 Å². The molecule has 2 N–H and O–H groups in total. The van der Waals surface area contributed by atoms with E-state index in [2.05, 4.69) is 10.6 Å². The Morgan fingerprint density at radius 3 is 2.20 bits per heavy atom. The van der Waals surface area contributed by atoms with Crippen molar-refractivity contribution >= 4 is 86.9 Å². The van der Waals surface area contributed by atoms with Crippen LogP contribution in [0.3, 0.4) is 0 Å². The van der Waals surface area contributed by atoms with Crippen LogP contribution in [0.15, 0.2) is 60.7 Å². The summed E-state index contributed by atoms with van der Waals surface area (Å²) in [6, 6.07) is 14.6. The quantitative estimate of drug-likeness (QED) is 0.183. The second-order valence-electron chi connectivity index (χ2n) is 7.78. The Morgan fingerprint density at radius 2 is 1.54 bits per heavy atom. The van der Waals surface area contributed by atoms with Gasteiger partial charge in [-0.15, -0.1) is 23.2 Å². The van der Waals surface area contributed by atoms with Gasteiger partial charge < -0.3 is 10.6 Å². The Labute approximate surface area is 224 Å². The Hall–Kier alpha value is -2.55. The first-order valence-corrected chi connectivity index (χ1v) is 11.9. The molecule has 35 heavy (non-hydrogen) atoms. The van der Waals surface area contributed by atoms with Crippen molar-refractivity contribution in [2.75, 3.05) is 10.6 Å². The van der Waals surface area contributed by atoms with Crippen molar-refractivity contribution in [2.45, 2.75) is 10.3 Å². The summed E-state index contributed by atoms with van der Waals surface area (Å²) in [5.41, 5.74) is 0.988. The number of nitro benzene ring substituents is 1. The highest BCUT2D eigenvalue weighted by Gasteiger charge is 2.67. The number of carbonyl (C=O) groups is 2. The van der Waals surface area contributed by atoms with Crippen LogP contribution in [0.5, 0.6) is 0 Å². The SMILES string of the molecule is O=C(Nc1cccc([N+](=O)[O-])c1)c1cc(NC(=O)[C@H]2[C@H](c3cc(Cl)cc(Cl)c3)C2(Cl)Cl)ccc1Cl. The summed E-state index contributed by atoms with van der Waals surface area (Å²) in [5, 5.41) is 17.1. The van der Waals surface area contributed by atoms with Crippen LogP contribution in [0.1, 0.15) is 21.8 Å². The molecule has 1 saturated carbocycles. The van der Waals surface area contributed by atoms with Crippen molar-refractivity contribution in [3.05, 3.63) is 97.0 Å². The van der Waals surface area contributed by atoms with E-state index >= 15 is 0 Å². The molecule has 1 fully saturated rings. The van der Waals surface area contributed by atoms with E-state index < -0.39 is 32.9 Å². The van der Waals surface area contributed by atoms with Crippen molar-refractivity contribution in [1.29, 1.82) is 0 Å². The number of hydrogen-bond acceptors (Lipinski definition) is 4. The topological polar surface area (TPSA) is 101 Å². The normalized spacial score (nSPS) is 18.0. The van der Waals surface area contributed by atoms with Crippen molar-refractivity contribution in [3.8, 4) is 0 Å². The summed E-state index contributed by atoms with van der Waals surface area (Å²) in [7, 11) is 0. The van der Waals surface area contributed by atoms with E-state index in [0.29, 0.717) is 15.6 Å². The molecule has 2 atom stereocenters. The monoisotopic (exact) mass is 571 g/mol. The number of halogens is 5. The zero-order chi connectivity index (χ0) is 25.5. The predicted octanol–water partition coefficient (Wildman–Crippen LogP) is 7.33. The van der Waals surface area contributed by atoms with Crippen LogP contribution in [-0.4, -0.2) is 21.1 Å². The molecule has 0 unspecified atom stereocenters. The summed E-state index contributed by atoms with van der Waals surface area (Å²) in [5.74, 6) is -2.42. The van der Waals surface area contributed by atoms with E-state index in [-0.39, 0.29) is 27.6 Å². The fraction of sp³-hybridized carbons (Fsp3) is 0.130. The zero-order valence-corrected chi connectivity index (χ0v) is 21.2. The summed E-state index contributed by atoms with van der Waals surface area (Å²) in [4.78, 5) is 36.1. The first-order valence-electron chi connectivity index (χ1n) is 9.97. The molecule has 3 aromatic carbocycles. The maximum absolute atomic E-state index is 13.0. The molecule has 12 heteroatoms. The second kappa shape index (κ2) is 9.84. The van der Waals surface area contributed by atoms with Gasteiger partial charge in [-0.1, -0.05) is 40.9 Å². The number of nitrogens with zero attached hydrogens (tertiary/aromatic N) is 1. The number of alkyl halides is 2. The van der Waals surface area contributed by atoms with Crippen molar-refractivity contribution in [3.63, 3.8) is 0 Å². The number of anilines is 2. The molecular weight excluding hydrogens is 560 g/mol. The Balaban J connectivity index is 1.51. The molecule has 4 rings (SSSR count). The number of non-ortho nitro benzene ring substituents is 1. The summed E-state index contributed by atoms with van der Waals surface area (Å²) in [6.07, 6.45) is 0. The molecule has 0 radical (unpaired) electrons. The molecule has 0 bridgehead atoms. The lowest BCUT2D eigenvalue weighted by molar-refractivity contribution is -0.384. The lowest BCUT2D eigenvalue weighted by atomic mass is 10.1. The fourth-order valence-electron chi connectivity index (χ4n) is 3.72. The maximum Gasteiger partial charge on any atom is 0.271 e. The highest BCUT2D eigenvalue weighted by molar-refractivity contribution is 6.53. The lowest BCUT2D eigenvalue weighted by Gasteiger charge is -2.10. The number of amides is 2. The highest BCUT2D eigenvalue weighted by atomic mass is 35.5. The predicted molar refractivity (Wildman–Crippen MR) is 138 cm³/mol. The fourth-order valence-corrected chi connectivity index (χ4v) is 5.29. The van der Waals surface area contributed by atoms with Crippen molar-refractivity contribution in [1.82, 2.24) is 0 Å². The molecule has 2 amide bonds. The molecule has 180 valence electrons. The smallest absolute Gasteiger partial charge is 0.271 e. The molecular formula is C23H14Cl5N3O4. The molecule has 0 aromatic heterocycles. The van der Waals surface area contributed by atoms with Gasteiger partial charge >= 0.3 is 0 Å². The van der Waals surface area contributed by atoms with Gasteiger partial charge in [0.25, 0.3) is 11.6 Å². The number of hydrogen-bond donors (Lipinski definition) is 2. The average molecular weight is 574 g/mol. The Bertz CT molecular complexity index is 1340. The van der Waals surface area contributed by atoms with Gasteiger partial charge in [0, 0.05) is 39.5 Å². The minimum absolute atomic E-state index is 0.0490. The van der Waals surface area contributed by atoms with Crippen LogP contribution >= 0.6 is 58.0 Å². The maximum atomic E-state index is 13.0. The van der Waals surface area contributed by atoms with E-state index in [9.17, 15) is 19.7 Å². The Morgan fingerprint density at radius 1 is 0.886 bits per heavy atom. The van der Waals surface area contributed by atoms with Gasteiger partial charge in [0.15, 0.2) is 0 Å². The molecule has 0 aliphatic heterocycles. The van der Waals surface area contributed by atoms with Crippen LogP contribution < -0.4 is 10.6 Å². The van der Waals surface area contributed by atoms with Gasteiger partial charge in [-0.3, -0.25) is 19.7 Å². The number of nitrogens with one attached hydrogen (secondary N) is 2. The molecule has 0 heterocycles.